The Bertz CT molecular complexity index is 531. The van der Waals surface area contributed by atoms with Crippen molar-refractivity contribution in [1.82, 2.24) is 4.90 Å². The van der Waals surface area contributed by atoms with Crippen LogP contribution >= 0.6 is 0 Å². The molecule has 2 heterocycles. The van der Waals surface area contributed by atoms with E-state index in [1.54, 1.807) is 0 Å². The molecule has 2 saturated heterocycles. The molecular formula is C17H24N2O2. The Morgan fingerprint density at radius 2 is 2.24 bits per heavy atom. The monoisotopic (exact) mass is 288 g/mol. The molecule has 21 heavy (non-hydrogen) atoms. The first-order valence-electron chi connectivity index (χ1n) is 7.89. The van der Waals surface area contributed by atoms with E-state index >= 15 is 0 Å². The Hall–Kier alpha value is -1.55. The predicted octanol–water partition coefficient (Wildman–Crippen LogP) is 2.43. The minimum Gasteiger partial charge on any atom is -0.464 e. The van der Waals surface area contributed by atoms with Crippen LogP contribution in [0.5, 0.6) is 0 Å². The number of carbonyl (C=O) groups excluding carboxylic acids is 1. The van der Waals surface area contributed by atoms with Crippen molar-refractivity contribution in [1.29, 1.82) is 0 Å². The number of hydrogen-bond donors (Lipinski definition) is 1. The highest BCUT2D eigenvalue weighted by Crippen LogP contribution is 2.39. The van der Waals surface area contributed by atoms with Crippen LogP contribution in [0.1, 0.15) is 25.3 Å². The van der Waals surface area contributed by atoms with Gasteiger partial charge >= 0.3 is 5.97 Å². The second-order valence-corrected chi connectivity index (χ2v) is 6.17. The van der Waals surface area contributed by atoms with Gasteiger partial charge in [-0.1, -0.05) is 18.2 Å². The van der Waals surface area contributed by atoms with Crippen LogP contribution in [0, 0.1) is 12.8 Å². The van der Waals surface area contributed by atoms with E-state index in [4.69, 9.17) is 4.74 Å². The van der Waals surface area contributed by atoms with Gasteiger partial charge in [0.05, 0.1) is 6.61 Å². The molecule has 3 unspecified atom stereocenters. The topological polar surface area (TPSA) is 41.6 Å². The van der Waals surface area contributed by atoms with Gasteiger partial charge < -0.3 is 15.0 Å². The lowest BCUT2D eigenvalue weighted by molar-refractivity contribution is -0.151. The SMILES string of the molecule is CCOC(=O)C1(Nc2ccccc2C)CCN2CCC1C2. The molecule has 1 N–H and O–H groups in total. The first kappa shape index (κ1) is 14.4. The fourth-order valence-corrected chi connectivity index (χ4v) is 3.67. The van der Waals surface area contributed by atoms with Gasteiger partial charge in [-0.3, -0.25) is 0 Å². The van der Waals surface area contributed by atoms with E-state index in [0.29, 0.717) is 12.5 Å². The van der Waals surface area contributed by atoms with E-state index in [1.165, 1.54) is 5.56 Å². The molecular weight excluding hydrogens is 264 g/mol. The second-order valence-electron chi connectivity index (χ2n) is 6.17. The van der Waals surface area contributed by atoms with E-state index in [0.717, 1.165) is 38.2 Å². The van der Waals surface area contributed by atoms with Gasteiger partial charge in [0.15, 0.2) is 0 Å². The van der Waals surface area contributed by atoms with Crippen LogP contribution in [0.4, 0.5) is 5.69 Å². The van der Waals surface area contributed by atoms with Crippen LogP contribution in [-0.4, -0.2) is 42.6 Å². The molecule has 4 heteroatoms. The van der Waals surface area contributed by atoms with Gasteiger partial charge in [0.25, 0.3) is 0 Å². The van der Waals surface area contributed by atoms with Crippen LogP contribution in [0.15, 0.2) is 24.3 Å². The van der Waals surface area contributed by atoms with Gasteiger partial charge in [-0.2, -0.15) is 0 Å². The van der Waals surface area contributed by atoms with Crippen molar-refractivity contribution < 1.29 is 9.53 Å². The molecule has 4 nitrogen and oxygen atoms in total. The number of nitrogens with one attached hydrogen (secondary N) is 1. The van der Waals surface area contributed by atoms with E-state index in [2.05, 4.69) is 29.3 Å². The summed E-state index contributed by atoms with van der Waals surface area (Å²) < 4.78 is 5.43. The molecule has 2 aliphatic heterocycles. The molecule has 114 valence electrons. The molecule has 3 rings (SSSR count). The van der Waals surface area contributed by atoms with E-state index in [1.807, 2.05) is 19.1 Å². The van der Waals surface area contributed by atoms with Gasteiger partial charge in [0.1, 0.15) is 5.54 Å². The minimum absolute atomic E-state index is 0.0835. The molecule has 0 aromatic heterocycles. The molecule has 0 aliphatic carbocycles. The van der Waals surface area contributed by atoms with Crippen molar-refractivity contribution in [3.8, 4) is 0 Å². The molecule has 1 aromatic rings. The third-order valence-electron chi connectivity index (χ3n) is 4.93. The molecule has 3 atom stereocenters. The first-order valence-corrected chi connectivity index (χ1v) is 7.89. The first-order chi connectivity index (χ1) is 10.2. The van der Waals surface area contributed by atoms with E-state index < -0.39 is 5.54 Å². The predicted molar refractivity (Wildman–Crippen MR) is 83.3 cm³/mol. The van der Waals surface area contributed by atoms with Crippen LogP contribution in [0.25, 0.3) is 0 Å². The highest BCUT2D eigenvalue weighted by molar-refractivity contribution is 5.86. The average Bonchev–Trinajstić information content (AvgIpc) is 2.89. The number of benzene rings is 1. The molecule has 0 radical (unpaired) electrons. The van der Waals surface area contributed by atoms with Crippen molar-refractivity contribution in [2.45, 2.75) is 32.2 Å². The zero-order chi connectivity index (χ0) is 14.9. The van der Waals surface area contributed by atoms with Crippen LogP contribution in [0.3, 0.4) is 0 Å². The molecule has 2 fully saturated rings. The maximum atomic E-state index is 12.7. The third kappa shape index (κ3) is 2.53. The van der Waals surface area contributed by atoms with Gasteiger partial charge in [-0.05, 0) is 44.9 Å². The number of carbonyl (C=O) groups is 1. The lowest BCUT2D eigenvalue weighted by Gasteiger charge is -2.42. The molecule has 2 aliphatic rings. The van der Waals surface area contributed by atoms with Crippen LogP contribution in [-0.2, 0) is 9.53 Å². The zero-order valence-electron chi connectivity index (χ0n) is 12.9. The minimum atomic E-state index is -0.560. The number of para-hydroxylation sites is 1. The number of aryl methyl sites for hydroxylation is 1. The number of fused-ring (bicyclic) bond motifs is 2. The molecule has 0 spiro atoms. The Labute approximate surface area is 126 Å². The van der Waals surface area contributed by atoms with Gasteiger partial charge in [0.2, 0.25) is 0 Å². The maximum absolute atomic E-state index is 12.7. The summed E-state index contributed by atoms with van der Waals surface area (Å²) in [6.07, 6.45) is 1.89. The smallest absolute Gasteiger partial charge is 0.332 e. The quantitative estimate of drug-likeness (QED) is 0.864. The number of piperidine rings is 1. The van der Waals surface area contributed by atoms with Gasteiger partial charge in [0, 0.05) is 24.7 Å². The third-order valence-corrected chi connectivity index (χ3v) is 4.93. The molecule has 2 bridgehead atoms. The number of esters is 1. The summed E-state index contributed by atoms with van der Waals surface area (Å²) in [6, 6.07) is 8.16. The van der Waals surface area contributed by atoms with Crippen molar-refractivity contribution in [3.63, 3.8) is 0 Å². The number of hydrogen-bond acceptors (Lipinski definition) is 4. The maximum Gasteiger partial charge on any atom is 0.332 e. The summed E-state index contributed by atoms with van der Waals surface area (Å²) in [5.74, 6) is 0.254. The Balaban J connectivity index is 1.93. The summed E-state index contributed by atoms with van der Waals surface area (Å²) in [4.78, 5) is 15.2. The molecule has 1 aromatic carbocycles. The van der Waals surface area contributed by atoms with Crippen molar-refractivity contribution in [2.24, 2.45) is 5.92 Å². The number of ether oxygens (including phenoxy) is 1. The Kier molecular flexibility index (Phi) is 3.89. The summed E-state index contributed by atoms with van der Waals surface area (Å²) in [5.41, 5.74) is 1.65. The van der Waals surface area contributed by atoms with Crippen molar-refractivity contribution in [3.05, 3.63) is 29.8 Å². The fourth-order valence-electron chi connectivity index (χ4n) is 3.67. The standard InChI is InChI=1S/C17H24N2O2/c1-3-21-16(20)17(9-11-19-10-8-14(17)12-19)18-15-7-5-4-6-13(15)2/h4-7,14,18H,3,8-12H2,1-2H3. The Morgan fingerprint density at radius 1 is 1.43 bits per heavy atom. The largest absolute Gasteiger partial charge is 0.464 e. The molecule has 0 saturated carbocycles. The lowest BCUT2D eigenvalue weighted by atomic mass is 9.78. The summed E-state index contributed by atoms with van der Waals surface area (Å²) in [6.45, 7) is 7.45. The summed E-state index contributed by atoms with van der Waals surface area (Å²) >= 11 is 0. The van der Waals surface area contributed by atoms with Gasteiger partial charge in [-0.25, -0.2) is 4.79 Å². The van der Waals surface area contributed by atoms with Gasteiger partial charge in [-0.15, -0.1) is 0 Å². The summed E-state index contributed by atoms with van der Waals surface area (Å²) in [5, 5.41) is 3.57. The van der Waals surface area contributed by atoms with E-state index in [9.17, 15) is 4.79 Å². The van der Waals surface area contributed by atoms with Crippen LogP contribution in [0.2, 0.25) is 0 Å². The highest BCUT2D eigenvalue weighted by atomic mass is 16.5. The Morgan fingerprint density at radius 3 is 3.00 bits per heavy atom. The van der Waals surface area contributed by atoms with E-state index in [-0.39, 0.29) is 5.97 Å². The van der Waals surface area contributed by atoms with Crippen LogP contribution < -0.4 is 5.32 Å². The number of rotatable bonds is 4. The summed E-state index contributed by atoms with van der Waals surface area (Å²) in [7, 11) is 0. The van der Waals surface area contributed by atoms with Crippen molar-refractivity contribution >= 4 is 11.7 Å². The second kappa shape index (κ2) is 5.68. The normalized spacial score (nSPS) is 31.0. The highest BCUT2D eigenvalue weighted by Gasteiger charge is 2.52. The lowest BCUT2D eigenvalue weighted by Crippen LogP contribution is -2.58. The fraction of sp³-hybridized carbons (Fsp3) is 0.588. The molecule has 0 amide bonds. The van der Waals surface area contributed by atoms with Crippen molar-refractivity contribution in [2.75, 3.05) is 31.6 Å². The number of nitrogens with zero attached hydrogens (tertiary/aromatic N) is 1. The zero-order valence-corrected chi connectivity index (χ0v) is 12.9. The number of anilines is 1. The average molecular weight is 288 g/mol.